The number of hydrogen-bond donors (Lipinski definition) is 1. The van der Waals surface area contributed by atoms with Crippen molar-refractivity contribution in [3.8, 4) is 0 Å². The molecule has 20 heavy (non-hydrogen) atoms. The Balaban J connectivity index is 3.19. The molecule has 6 nitrogen and oxygen atoms in total. The molecule has 0 radical (unpaired) electrons. The van der Waals surface area contributed by atoms with E-state index in [2.05, 4.69) is 14.8 Å². The summed E-state index contributed by atoms with van der Waals surface area (Å²) < 4.78 is 9.16. The highest BCUT2D eigenvalue weighted by molar-refractivity contribution is 6.32. The second-order valence-electron chi connectivity index (χ2n) is 3.89. The van der Waals surface area contributed by atoms with Gasteiger partial charge in [0.1, 0.15) is 5.38 Å². The number of rotatable bonds is 4. The van der Waals surface area contributed by atoms with Crippen molar-refractivity contribution in [1.29, 1.82) is 0 Å². The Kier molecular flexibility index (Phi) is 5.52. The molecule has 1 rings (SSSR count). The highest BCUT2D eigenvalue weighted by Gasteiger charge is 2.16. The van der Waals surface area contributed by atoms with E-state index in [4.69, 9.17) is 11.6 Å². The van der Waals surface area contributed by atoms with Gasteiger partial charge in [0.2, 0.25) is 5.91 Å². The largest absolute Gasteiger partial charge is 0.465 e. The number of methoxy groups -OCH3 is 2. The van der Waals surface area contributed by atoms with Crippen LogP contribution >= 0.6 is 11.6 Å². The second kappa shape index (κ2) is 6.91. The van der Waals surface area contributed by atoms with E-state index in [1.807, 2.05) is 0 Å². The SMILES string of the molecule is COC(=O)c1cc(NC(=O)C(C)Cl)cc(C(=O)OC)c1. The Morgan fingerprint density at radius 1 is 1.05 bits per heavy atom. The fourth-order valence-electron chi connectivity index (χ4n) is 1.41. The maximum atomic E-state index is 11.5. The predicted molar refractivity (Wildman–Crippen MR) is 73.1 cm³/mol. The highest BCUT2D eigenvalue weighted by Crippen LogP contribution is 2.17. The molecule has 1 amide bonds. The number of nitrogens with one attached hydrogen (secondary N) is 1. The lowest BCUT2D eigenvalue weighted by Gasteiger charge is -2.10. The summed E-state index contributed by atoms with van der Waals surface area (Å²) in [4.78, 5) is 34.6. The van der Waals surface area contributed by atoms with Gasteiger partial charge in [0.25, 0.3) is 0 Å². The Labute approximate surface area is 121 Å². The summed E-state index contributed by atoms with van der Waals surface area (Å²) >= 11 is 5.64. The molecule has 0 saturated heterocycles. The second-order valence-corrected chi connectivity index (χ2v) is 4.54. The zero-order valence-electron chi connectivity index (χ0n) is 11.2. The van der Waals surface area contributed by atoms with Gasteiger partial charge in [-0.3, -0.25) is 4.79 Å². The normalized spacial score (nSPS) is 11.4. The molecule has 1 aromatic rings. The monoisotopic (exact) mass is 299 g/mol. The first kappa shape index (κ1) is 16.0. The first-order chi connectivity index (χ1) is 9.38. The average Bonchev–Trinajstić information content (AvgIpc) is 2.44. The molecule has 0 aliphatic heterocycles. The van der Waals surface area contributed by atoms with E-state index in [1.54, 1.807) is 0 Å². The Morgan fingerprint density at radius 2 is 1.50 bits per heavy atom. The smallest absolute Gasteiger partial charge is 0.337 e. The first-order valence-electron chi connectivity index (χ1n) is 5.65. The van der Waals surface area contributed by atoms with Crippen molar-refractivity contribution < 1.29 is 23.9 Å². The molecule has 1 aromatic carbocycles. The molecule has 0 spiro atoms. The molecular formula is C13H14ClNO5. The van der Waals surface area contributed by atoms with E-state index in [9.17, 15) is 14.4 Å². The maximum Gasteiger partial charge on any atom is 0.337 e. The van der Waals surface area contributed by atoms with Crippen LogP contribution in [0.5, 0.6) is 0 Å². The van der Waals surface area contributed by atoms with Crippen molar-refractivity contribution in [3.05, 3.63) is 29.3 Å². The van der Waals surface area contributed by atoms with Crippen LogP contribution in [-0.2, 0) is 14.3 Å². The quantitative estimate of drug-likeness (QED) is 0.677. The van der Waals surface area contributed by atoms with Crippen LogP contribution in [0.4, 0.5) is 5.69 Å². The summed E-state index contributed by atoms with van der Waals surface area (Å²) in [6.45, 7) is 1.50. The third-order valence-electron chi connectivity index (χ3n) is 2.40. The van der Waals surface area contributed by atoms with E-state index in [-0.39, 0.29) is 16.8 Å². The molecule has 0 aliphatic carbocycles. The number of alkyl halides is 1. The van der Waals surface area contributed by atoms with Crippen molar-refractivity contribution in [3.63, 3.8) is 0 Å². The number of carbonyl (C=O) groups is 3. The fraction of sp³-hybridized carbons (Fsp3) is 0.308. The minimum Gasteiger partial charge on any atom is -0.465 e. The van der Waals surface area contributed by atoms with Gasteiger partial charge < -0.3 is 14.8 Å². The number of carbonyl (C=O) groups excluding carboxylic acids is 3. The fourth-order valence-corrected chi connectivity index (χ4v) is 1.47. The molecular weight excluding hydrogens is 286 g/mol. The van der Waals surface area contributed by atoms with Crippen LogP contribution in [0.2, 0.25) is 0 Å². The van der Waals surface area contributed by atoms with E-state index < -0.39 is 23.2 Å². The molecule has 0 aromatic heterocycles. The maximum absolute atomic E-state index is 11.5. The summed E-state index contributed by atoms with van der Waals surface area (Å²) in [6, 6.07) is 4.09. The Bertz CT molecular complexity index is 507. The number of esters is 2. The van der Waals surface area contributed by atoms with Gasteiger partial charge in [-0.25, -0.2) is 9.59 Å². The van der Waals surface area contributed by atoms with Gasteiger partial charge in [0.05, 0.1) is 25.3 Å². The molecule has 108 valence electrons. The Hall–Kier alpha value is -2.08. The van der Waals surface area contributed by atoms with E-state index in [1.165, 1.54) is 39.3 Å². The van der Waals surface area contributed by atoms with Crippen molar-refractivity contribution >= 4 is 35.1 Å². The molecule has 1 N–H and O–H groups in total. The van der Waals surface area contributed by atoms with Crippen molar-refractivity contribution in [2.75, 3.05) is 19.5 Å². The van der Waals surface area contributed by atoms with Crippen molar-refractivity contribution in [1.82, 2.24) is 0 Å². The molecule has 1 atom stereocenters. The standard InChI is InChI=1S/C13H14ClNO5/c1-7(14)11(16)15-10-5-8(12(17)19-2)4-9(6-10)13(18)20-3/h4-7H,1-3H3,(H,15,16). The summed E-state index contributed by atoms with van der Waals surface area (Å²) in [5, 5.41) is 1.74. The third-order valence-corrected chi connectivity index (χ3v) is 2.60. The number of amides is 1. The Morgan fingerprint density at radius 3 is 1.85 bits per heavy atom. The lowest BCUT2D eigenvalue weighted by Crippen LogP contribution is -2.21. The zero-order valence-corrected chi connectivity index (χ0v) is 12.0. The van der Waals surface area contributed by atoms with Crippen LogP contribution in [0, 0.1) is 0 Å². The van der Waals surface area contributed by atoms with Gasteiger partial charge in [-0.15, -0.1) is 11.6 Å². The van der Waals surface area contributed by atoms with Gasteiger partial charge in [0, 0.05) is 5.69 Å². The number of ether oxygens (including phenoxy) is 2. The predicted octanol–water partition coefficient (Wildman–Crippen LogP) is 1.83. The molecule has 0 heterocycles. The van der Waals surface area contributed by atoms with Crippen LogP contribution < -0.4 is 5.32 Å². The first-order valence-corrected chi connectivity index (χ1v) is 6.09. The van der Waals surface area contributed by atoms with Gasteiger partial charge in [-0.2, -0.15) is 0 Å². The molecule has 0 aliphatic rings. The van der Waals surface area contributed by atoms with E-state index in [0.29, 0.717) is 0 Å². The minimum absolute atomic E-state index is 0.118. The molecule has 0 saturated carbocycles. The summed E-state index contributed by atoms with van der Waals surface area (Å²) in [6.07, 6.45) is 0. The number of benzene rings is 1. The van der Waals surface area contributed by atoms with Crippen LogP contribution in [0.15, 0.2) is 18.2 Å². The molecule has 0 fully saturated rings. The minimum atomic E-state index is -0.752. The highest BCUT2D eigenvalue weighted by atomic mass is 35.5. The lowest BCUT2D eigenvalue weighted by molar-refractivity contribution is -0.115. The van der Waals surface area contributed by atoms with Crippen molar-refractivity contribution in [2.45, 2.75) is 12.3 Å². The summed E-state index contributed by atoms with van der Waals surface area (Å²) in [5.41, 5.74) is 0.492. The van der Waals surface area contributed by atoms with Crippen molar-refractivity contribution in [2.24, 2.45) is 0 Å². The number of hydrogen-bond acceptors (Lipinski definition) is 5. The average molecular weight is 300 g/mol. The van der Waals surface area contributed by atoms with Crippen LogP contribution in [0.1, 0.15) is 27.6 Å². The topological polar surface area (TPSA) is 81.7 Å². The van der Waals surface area contributed by atoms with Gasteiger partial charge in [-0.1, -0.05) is 0 Å². The number of anilines is 1. The molecule has 1 unspecified atom stereocenters. The van der Waals surface area contributed by atoms with E-state index in [0.717, 1.165) is 0 Å². The van der Waals surface area contributed by atoms with Gasteiger partial charge in [-0.05, 0) is 25.1 Å². The van der Waals surface area contributed by atoms with E-state index >= 15 is 0 Å². The zero-order chi connectivity index (χ0) is 15.3. The third kappa shape index (κ3) is 3.96. The molecule has 7 heteroatoms. The summed E-state index contributed by atoms with van der Waals surface area (Å²) in [5.74, 6) is -1.72. The van der Waals surface area contributed by atoms with Crippen LogP contribution in [0.25, 0.3) is 0 Å². The van der Waals surface area contributed by atoms with Crippen LogP contribution in [0.3, 0.4) is 0 Å². The summed E-state index contributed by atoms with van der Waals surface area (Å²) in [7, 11) is 2.43. The van der Waals surface area contributed by atoms with Gasteiger partial charge in [0.15, 0.2) is 0 Å². The van der Waals surface area contributed by atoms with Gasteiger partial charge >= 0.3 is 11.9 Å². The van der Waals surface area contributed by atoms with Crippen LogP contribution in [-0.4, -0.2) is 37.4 Å². The lowest BCUT2D eigenvalue weighted by atomic mass is 10.1. The molecule has 0 bridgehead atoms. The number of halogens is 1.